The monoisotopic (exact) mass is 410 g/mol. The number of carbonyl (C=O) groups excluding carboxylic acids is 1. The molecule has 0 unspecified atom stereocenters. The number of alkyl halides is 3. The van der Waals surface area contributed by atoms with E-state index in [4.69, 9.17) is 4.74 Å². The molecule has 0 spiro atoms. The zero-order valence-electron chi connectivity index (χ0n) is 8.25. The van der Waals surface area contributed by atoms with Crippen LogP contribution in [0.5, 0.6) is 0 Å². The van der Waals surface area contributed by atoms with Crippen molar-refractivity contribution in [2.24, 2.45) is 0 Å². The molecule has 2 nitrogen and oxygen atoms in total. The third-order valence-corrected chi connectivity index (χ3v) is 3.24. The van der Waals surface area contributed by atoms with Gasteiger partial charge in [0.05, 0.1) is 5.57 Å². The zero-order valence-corrected chi connectivity index (χ0v) is 13.0. The predicted octanol–water partition coefficient (Wildman–Crippen LogP) is 4.12. The number of rotatable bonds is 3. The fourth-order valence-electron chi connectivity index (χ4n) is 0.926. The molecule has 0 N–H and O–H groups in total. The van der Waals surface area contributed by atoms with Crippen LogP contribution >= 0.6 is 47.8 Å². The van der Waals surface area contributed by atoms with E-state index in [1.165, 1.54) is 0 Å². The number of esters is 1. The Bertz CT molecular complexity index is 382. The summed E-state index contributed by atoms with van der Waals surface area (Å²) in [7, 11) is 0. The number of halogens is 3. The van der Waals surface area contributed by atoms with Crippen molar-refractivity contribution in [1.82, 2.24) is 0 Å². The largest absolute Gasteiger partial charge is 0.457 e. The summed E-state index contributed by atoms with van der Waals surface area (Å²) >= 11 is 9.61. The van der Waals surface area contributed by atoms with Crippen molar-refractivity contribution in [3.05, 3.63) is 48.0 Å². The minimum absolute atomic E-state index is 0.238. The van der Waals surface area contributed by atoms with E-state index in [0.29, 0.717) is 0 Å². The molecule has 0 saturated carbocycles. The van der Waals surface area contributed by atoms with E-state index in [-0.39, 0.29) is 12.2 Å². The molecule has 0 fully saturated rings. The first-order chi connectivity index (χ1) is 7.41. The van der Waals surface area contributed by atoms with E-state index in [1.54, 1.807) is 0 Å². The molecule has 86 valence electrons. The summed E-state index contributed by atoms with van der Waals surface area (Å²) in [6.07, 6.45) is 0. The van der Waals surface area contributed by atoms with Crippen molar-refractivity contribution in [3.8, 4) is 0 Å². The zero-order chi connectivity index (χ0) is 12.2. The number of hydrogen-bond donors (Lipinski definition) is 0. The van der Waals surface area contributed by atoms with Crippen LogP contribution in [-0.2, 0) is 16.1 Å². The molecule has 0 aromatic heterocycles. The topological polar surface area (TPSA) is 26.3 Å². The highest BCUT2D eigenvalue weighted by atomic mass is 80.0. The van der Waals surface area contributed by atoms with Gasteiger partial charge in [-0.15, -0.1) is 0 Å². The highest BCUT2D eigenvalue weighted by Crippen LogP contribution is 2.40. The van der Waals surface area contributed by atoms with Crippen LogP contribution in [0.2, 0.25) is 0 Å². The van der Waals surface area contributed by atoms with Crippen molar-refractivity contribution in [2.75, 3.05) is 0 Å². The second kappa shape index (κ2) is 5.98. The van der Waals surface area contributed by atoms with Gasteiger partial charge in [0.15, 0.2) is 2.14 Å². The van der Waals surface area contributed by atoms with E-state index < -0.39 is 8.11 Å². The summed E-state index contributed by atoms with van der Waals surface area (Å²) in [5, 5.41) is 0. The normalized spacial score (nSPS) is 10.9. The quantitative estimate of drug-likeness (QED) is 0.424. The number of ether oxygens (including phenoxy) is 1. The predicted molar refractivity (Wildman–Crippen MR) is 74.9 cm³/mol. The summed E-state index contributed by atoms with van der Waals surface area (Å²) in [5.74, 6) is -0.463. The fourth-order valence-corrected chi connectivity index (χ4v) is 1.41. The van der Waals surface area contributed by atoms with Crippen LogP contribution in [0.4, 0.5) is 0 Å². The molecule has 0 heterocycles. The molecule has 0 atom stereocenters. The van der Waals surface area contributed by atoms with Crippen LogP contribution in [0.25, 0.3) is 0 Å². The van der Waals surface area contributed by atoms with Crippen molar-refractivity contribution < 1.29 is 9.53 Å². The third-order valence-electron chi connectivity index (χ3n) is 1.80. The van der Waals surface area contributed by atoms with Crippen molar-refractivity contribution in [2.45, 2.75) is 8.75 Å². The molecule has 0 amide bonds. The summed E-state index contributed by atoms with van der Waals surface area (Å²) < 4.78 is 4.28. The van der Waals surface area contributed by atoms with Crippen molar-refractivity contribution in [3.63, 3.8) is 0 Å². The lowest BCUT2D eigenvalue weighted by Gasteiger charge is -2.14. The van der Waals surface area contributed by atoms with Crippen LogP contribution in [0, 0.1) is 0 Å². The van der Waals surface area contributed by atoms with Gasteiger partial charge in [-0.2, -0.15) is 0 Å². The Morgan fingerprint density at radius 3 is 2.31 bits per heavy atom. The third kappa shape index (κ3) is 4.39. The first-order valence-corrected chi connectivity index (χ1v) is 6.76. The molecule has 16 heavy (non-hydrogen) atoms. The lowest BCUT2D eigenvalue weighted by molar-refractivity contribution is -0.140. The van der Waals surface area contributed by atoms with Gasteiger partial charge < -0.3 is 4.74 Å². The van der Waals surface area contributed by atoms with Gasteiger partial charge in [-0.05, 0) is 5.56 Å². The number of carbonyl (C=O) groups is 1. The first-order valence-electron chi connectivity index (χ1n) is 4.38. The molecule has 0 radical (unpaired) electrons. The molecule has 1 aromatic rings. The molecular weight excluding hydrogens is 404 g/mol. The van der Waals surface area contributed by atoms with Gasteiger partial charge in [0.25, 0.3) is 0 Å². The Labute approximate surface area is 119 Å². The highest BCUT2D eigenvalue weighted by molar-refractivity contribution is 9.39. The molecule has 0 aliphatic rings. The van der Waals surface area contributed by atoms with Crippen LogP contribution in [0.3, 0.4) is 0 Å². The van der Waals surface area contributed by atoms with Crippen molar-refractivity contribution in [1.29, 1.82) is 0 Å². The number of hydrogen-bond acceptors (Lipinski definition) is 2. The molecule has 1 aromatic carbocycles. The van der Waals surface area contributed by atoms with Gasteiger partial charge in [0.1, 0.15) is 6.61 Å². The van der Waals surface area contributed by atoms with Crippen LogP contribution in [0.1, 0.15) is 5.56 Å². The van der Waals surface area contributed by atoms with Crippen LogP contribution in [-0.4, -0.2) is 8.11 Å². The first kappa shape index (κ1) is 13.9. The van der Waals surface area contributed by atoms with Crippen LogP contribution in [0.15, 0.2) is 42.5 Å². The SMILES string of the molecule is C=C(C(=O)OCc1ccccc1)C(Br)(Br)Br. The van der Waals surface area contributed by atoms with Gasteiger partial charge in [0.2, 0.25) is 0 Å². The minimum atomic E-state index is -0.805. The molecule has 0 aliphatic heterocycles. The van der Waals surface area contributed by atoms with Gasteiger partial charge in [-0.1, -0.05) is 84.7 Å². The van der Waals surface area contributed by atoms with Crippen LogP contribution < -0.4 is 0 Å². The van der Waals surface area contributed by atoms with E-state index in [1.807, 2.05) is 30.3 Å². The Balaban J connectivity index is 2.51. The second-order valence-electron chi connectivity index (χ2n) is 3.04. The Morgan fingerprint density at radius 2 is 1.81 bits per heavy atom. The minimum Gasteiger partial charge on any atom is -0.457 e. The number of benzene rings is 1. The Kier molecular flexibility index (Phi) is 5.21. The molecule has 0 saturated heterocycles. The smallest absolute Gasteiger partial charge is 0.336 e. The highest BCUT2D eigenvalue weighted by Gasteiger charge is 2.28. The maximum Gasteiger partial charge on any atom is 0.336 e. The standard InChI is InChI=1S/C11H9Br3O2/c1-8(11(12,13)14)10(15)16-7-9-5-3-2-4-6-9/h2-6H,1,7H2. The van der Waals surface area contributed by atoms with Crippen molar-refractivity contribution >= 4 is 53.8 Å². The molecule has 5 heteroatoms. The maximum atomic E-state index is 11.6. The molecular formula is C11H9Br3O2. The molecule has 1 rings (SSSR count). The van der Waals surface area contributed by atoms with Gasteiger partial charge in [-0.3, -0.25) is 0 Å². The summed E-state index contributed by atoms with van der Waals surface area (Å²) in [6.45, 7) is 3.86. The van der Waals surface area contributed by atoms with Gasteiger partial charge >= 0.3 is 5.97 Å². The summed E-state index contributed by atoms with van der Waals surface area (Å²) in [4.78, 5) is 11.6. The Hall–Kier alpha value is -0.130. The average molecular weight is 413 g/mol. The summed E-state index contributed by atoms with van der Waals surface area (Å²) in [6, 6.07) is 9.47. The maximum absolute atomic E-state index is 11.6. The molecule has 0 bridgehead atoms. The van der Waals surface area contributed by atoms with E-state index in [0.717, 1.165) is 5.56 Å². The summed E-state index contributed by atoms with van der Waals surface area (Å²) in [5.41, 5.74) is 1.19. The lowest BCUT2D eigenvalue weighted by Crippen LogP contribution is -2.16. The average Bonchev–Trinajstić information content (AvgIpc) is 2.25. The van der Waals surface area contributed by atoms with E-state index in [2.05, 4.69) is 54.4 Å². The fraction of sp³-hybridized carbons (Fsp3) is 0.182. The molecule has 0 aliphatic carbocycles. The van der Waals surface area contributed by atoms with E-state index in [9.17, 15) is 4.79 Å². The second-order valence-corrected chi connectivity index (χ2v) is 9.80. The Morgan fingerprint density at radius 1 is 1.25 bits per heavy atom. The van der Waals surface area contributed by atoms with E-state index >= 15 is 0 Å². The lowest BCUT2D eigenvalue weighted by atomic mass is 10.2. The van der Waals surface area contributed by atoms with Gasteiger partial charge in [-0.25, -0.2) is 4.79 Å². The van der Waals surface area contributed by atoms with Gasteiger partial charge in [0, 0.05) is 0 Å².